The fourth-order valence-corrected chi connectivity index (χ4v) is 4.20. The lowest BCUT2D eigenvalue weighted by atomic mass is 9.79. The van der Waals surface area contributed by atoms with E-state index >= 15 is 0 Å². The normalized spacial score (nSPS) is 20.1. The zero-order chi connectivity index (χ0) is 19.1. The third-order valence-corrected chi connectivity index (χ3v) is 5.76. The molecular weight excluding hydrogens is 344 g/mol. The van der Waals surface area contributed by atoms with Gasteiger partial charge in [-0.25, -0.2) is 0 Å². The maximum atomic E-state index is 12.4. The lowest BCUT2D eigenvalue weighted by molar-refractivity contribution is -0.124. The highest BCUT2D eigenvalue weighted by atomic mass is 16.5. The minimum absolute atomic E-state index is 0.00138. The summed E-state index contributed by atoms with van der Waals surface area (Å²) in [5.74, 6) is 1.16. The molecule has 1 amide bonds. The summed E-state index contributed by atoms with van der Waals surface area (Å²) >= 11 is 0. The molecule has 1 heterocycles. The van der Waals surface area contributed by atoms with Gasteiger partial charge >= 0.3 is 0 Å². The van der Waals surface area contributed by atoms with E-state index in [-0.39, 0.29) is 18.1 Å². The fourth-order valence-electron chi connectivity index (χ4n) is 4.20. The van der Waals surface area contributed by atoms with E-state index in [0.29, 0.717) is 18.0 Å². The summed E-state index contributed by atoms with van der Waals surface area (Å²) in [7, 11) is 1.61. The average molecular weight is 376 g/mol. The van der Waals surface area contributed by atoms with Crippen LogP contribution in [0.25, 0.3) is 0 Å². The van der Waals surface area contributed by atoms with Gasteiger partial charge in [0.25, 0.3) is 5.91 Å². The molecule has 0 radical (unpaired) electrons. The van der Waals surface area contributed by atoms with Gasteiger partial charge in [0.05, 0.1) is 20.3 Å². The number of hydrogen-bond donors (Lipinski definition) is 1. The van der Waals surface area contributed by atoms with E-state index in [1.165, 1.54) is 19.3 Å². The summed E-state index contributed by atoms with van der Waals surface area (Å²) in [5.41, 5.74) is 1.16. The predicted octanol–water partition coefficient (Wildman–Crippen LogP) is 2.53. The number of morpholine rings is 1. The van der Waals surface area contributed by atoms with Crippen LogP contribution in [0.1, 0.15) is 37.7 Å². The number of nitrogens with one attached hydrogen (secondary N) is 1. The van der Waals surface area contributed by atoms with Gasteiger partial charge < -0.3 is 19.5 Å². The summed E-state index contributed by atoms with van der Waals surface area (Å²) in [6.45, 7) is 6.14. The molecule has 0 aromatic heterocycles. The van der Waals surface area contributed by atoms with Crippen LogP contribution in [0, 0.1) is 6.92 Å². The van der Waals surface area contributed by atoms with E-state index in [1.807, 2.05) is 25.1 Å². The third kappa shape index (κ3) is 5.14. The Labute approximate surface area is 162 Å². The number of amides is 1. The number of hydrogen-bond acceptors (Lipinski definition) is 5. The second-order valence-electron chi connectivity index (χ2n) is 7.60. The lowest BCUT2D eigenvalue weighted by Gasteiger charge is -2.48. The Morgan fingerprint density at radius 2 is 1.93 bits per heavy atom. The summed E-state index contributed by atoms with van der Waals surface area (Å²) in [4.78, 5) is 15.0. The molecule has 0 spiro atoms. The summed E-state index contributed by atoms with van der Waals surface area (Å²) in [6.07, 6.45) is 6.02. The molecule has 1 saturated carbocycles. The first-order chi connectivity index (χ1) is 13.1. The summed E-state index contributed by atoms with van der Waals surface area (Å²) in [5, 5.41) is 3.12. The van der Waals surface area contributed by atoms with Crippen LogP contribution in [0.15, 0.2) is 18.2 Å². The number of aryl methyl sites for hydroxylation is 1. The van der Waals surface area contributed by atoms with Crippen molar-refractivity contribution < 1.29 is 19.0 Å². The minimum atomic E-state index is -0.0872. The van der Waals surface area contributed by atoms with Gasteiger partial charge in [-0.1, -0.05) is 25.3 Å². The molecule has 3 rings (SSSR count). The smallest absolute Gasteiger partial charge is 0.258 e. The van der Waals surface area contributed by atoms with Gasteiger partial charge in [-0.05, 0) is 37.5 Å². The van der Waals surface area contributed by atoms with Crippen molar-refractivity contribution in [2.24, 2.45) is 0 Å². The van der Waals surface area contributed by atoms with Crippen molar-refractivity contribution in [1.82, 2.24) is 10.2 Å². The zero-order valence-electron chi connectivity index (χ0n) is 16.6. The Morgan fingerprint density at radius 3 is 2.63 bits per heavy atom. The molecule has 6 heteroatoms. The number of ether oxygens (including phenoxy) is 3. The Morgan fingerprint density at radius 1 is 1.19 bits per heavy atom. The molecule has 1 aliphatic carbocycles. The molecule has 27 heavy (non-hydrogen) atoms. The van der Waals surface area contributed by atoms with Crippen LogP contribution in [0.2, 0.25) is 0 Å². The Balaban J connectivity index is 1.55. The van der Waals surface area contributed by atoms with Gasteiger partial charge in [0.1, 0.15) is 0 Å². The number of benzene rings is 1. The van der Waals surface area contributed by atoms with Crippen LogP contribution in [0.4, 0.5) is 0 Å². The average Bonchev–Trinajstić information content (AvgIpc) is 2.72. The Bertz CT molecular complexity index is 623. The number of methoxy groups -OCH3 is 1. The second kappa shape index (κ2) is 9.42. The van der Waals surface area contributed by atoms with E-state index < -0.39 is 0 Å². The fraction of sp³-hybridized carbons (Fsp3) is 0.667. The van der Waals surface area contributed by atoms with Crippen molar-refractivity contribution in [2.45, 2.75) is 44.6 Å². The quantitative estimate of drug-likeness (QED) is 0.792. The molecule has 0 atom stereocenters. The van der Waals surface area contributed by atoms with Crippen molar-refractivity contribution in [3.05, 3.63) is 23.8 Å². The van der Waals surface area contributed by atoms with E-state index in [0.717, 1.165) is 44.7 Å². The van der Waals surface area contributed by atoms with Crippen molar-refractivity contribution in [1.29, 1.82) is 0 Å². The molecule has 150 valence electrons. The lowest BCUT2D eigenvalue weighted by Crippen LogP contribution is -2.60. The predicted molar refractivity (Wildman–Crippen MR) is 104 cm³/mol. The summed E-state index contributed by atoms with van der Waals surface area (Å²) in [6, 6.07) is 5.70. The highest BCUT2D eigenvalue weighted by Crippen LogP contribution is 2.34. The first-order valence-corrected chi connectivity index (χ1v) is 10.00. The zero-order valence-corrected chi connectivity index (χ0v) is 16.6. The van der Waals surface area contributed by atoms with Crippen LogP contribution >= 0.6 is 0 Å². The third-order valence-electron chi connectivity index (χ3n) is 5.76. The van der Waals surface area contributed by atoms with Crippen molar-refractivity contribution in [2.75, 3.05) is 46.6 Å². The van der Waals surface area contributed by atoms with Gasteiger partial charge in [-0.2, -0.15) is 0 Å². The number of nitrogens with zero attached hydrogens (tertiary/aromatic N) is 1. The number of carbonyl (C=O) groups excluding carboxylic acids is 1. The molecule has 2 fully saturated rings. The minimum Gasteiger partial charge on any atom is -0.493 e. The van der Waals surface area contributed by atoms with Crippen LogP contribution in [0.5, 0.6) is 11.5 Å². The standard InChI is InChI=1S/C21H32N2O4/c1-17-6-7-18(19(14-17)25-2)27-15-20(24)22-16-21(8-4-3-5-9-21)23-10-12-26-13-11-23/h6-7,14H,3-5,8-13,15-16H2,1-2H3,(H,22,24). The van der Waals surface area contributed by atoms with Crippen LogP contribution in [-0.4, -0.2) is 62.9 Å². The number of carbonyl (C=O) groups is 1. The van der Waals surface area contributed by atoms with Crippen LogP contribution in [-0.2, 0) is 9.53 Å². The van der Waals surface area contributed by atoms with Crippen molar-refractivity contribution in [3.63, 3.8) is 0 Å². The Hall–Kier alpha value is -1.79. The van der Waals surface area contributed by atoms with E-state index in [9.17, 15) is 4.79 Å². The first-order valence-electron chi connectivity index (χ1n) is 10.00. The van der Waals surface area contributed by atoms with Gasteiger partial charge in [-0.15, -0.1) is 0 Å². The molecule has 6 nitrogen and oxygen atoms in total. The molecule has 0 unspecified atom stereocenters. The van der Waals surface area contributed by atoms with E-state index in [2.05, 4.69) is 10.2 Å². The van der Waals surface area contributed by atoms with Gasteiger partial charge in [0, 0.05) is 25.2 Å². The van der Waals surface area contributed by atoms with E-state index in [1.54, 1.807) is 7.11 Å². The molecule has 1 aromatic carbocycles. The largest absolute Gasteiger partial charge is 0.493 e. The van der Waals surface area contributed by atoms with Crippen LogP contribution in [0.3, 0.4) is 0 Å². The molecule has 1 aromatic rings. The van der Waals surface area contributed by atoms with Gasteiger partial charge in [0.2, 0.25) is 0 Å². The first kappa shape index (κ1) is 20.0. The molecular formula is C21H32N2O4. The summed E-state index contributed by atoms with van der Waals surface area (Å²) < 4.78 is 16.5. The molecule has 1 N–H and O–H groups in total. The van der Waals surface area contributed by atoms with Crippen molar-refractivity contribution >= 4 is 5.91 Å². The molecule has 0 bridgehead atoms. The highest BCUT2D eigenvalue weighted by Gasteiger charge is 2.38. The molecule has 1 saturated heterocycles. The van der Waals surface area contributed by atoms with Crippen molar-refractivity contribution in [3.8, 4) is 11.5 Å². The Kier molecular flexibility index (Phi) is 6.96. The SMILES string of the molecule is COc1cc(C)ccc1OCC(=O)NCC1(N2CCOCC2)CCCCC1. The topological polar surface area (TPSA) is 60.0 Å². The monoisotopic (exact) mass is 376 g/mol. The molecule has 2 aliphatic rings. The van der Waals surface area contributed by atoms with Crippen LogP contribution < -0.4 is 14.8 Å². The maximum Gasteiger partial charge on any atom is 0.258 e. The highest BCUT2D eigenvalue weighted by molar-refractivity contribution is 5.77. The van der Waals surface area contributed by atoms with Gasteiger partial charge in [0.15, 0.2) is 18.1 Å². The molecule has 1 aliphatic heterocycles. The number of rotatable bonds is 7. The second-order valence-corrected chi connectivity index (χ2v) is 7.60. The maximum absolute atomic E-state index is 12.4. The van der Waals surface area contributed by atoms with Gasteiger partial charge in [-0.3, -0.25) is 9.69 Å². The van der Waals surface area contributed by atoms with E-state index in [4.69, 9.17) is 14.2 Å².